The van der Waals surface area contributed by atoms with Gasteiger partial charge in [-0.05, 0) is 13.0 Å². The normalized spacial score (nSPS) is 14.3. The Bertz CT molecular complexity index is 489. The molecule has 0 fully saturated rings. The van der Waals surface area contributed by atoms with Gasteiger partial charge in [-0.2, -0.15) is 4.98 Å². The second kappa shape index (κ2) is 6.65. The van der Waals surface area contributed by atoms with Crippen LogP contribution in [0.1, 0.15) is 6.92 Å². The Balaban J connectivity index is 2.38. The number of anilines is 1. The Morgan fingerprint density at radius 2 is 2.33 bits per heavy atom. The van der Waals surface area contributed by atoms with Crippen molar-refractivity contribution in [1.29, 1.82) is 0 Å². The van der Waals surface area contributed by atoms with Crippen molar-refractivity contribution in [3.63, 3.8) is 0 Å². The lowest BCUT2D eigenvalue weighted by Crippen LogP contribution is -2.25. The largest absolute Gasteiger partial charge is 0.383 e. The molecule has 0 saturated carbocycles. The van der Waals surface area contributed by atoms with Crippen molar-refractivity contribution in [3.05, 3.63) is 22.7 Å². The number of nitrogens with zero attached hydrogens (tertiary/aromatic N) is 2. The highest BCUT2D eigenvalue weighted by Gasteiger charge is 2.18. The SMILES string of the molecule is CCOP(=O)(O)COCCn1ccc(N)nc1=O. The summed E-state index contributed by atoms with van der Waals surface area (Å²) in [6.45, 7) is 2.07. The minimum absolute atomic E-state index is 0.100. The maximum absolute atomic E-state index is 11.3. The molecular formula is C9H16N3O5P. The van der Waals surface area contributed by atoms with E-state index >= 15 is 0 Å². The van der Waals surface area contributed by atoms with Gasteiger partial charge >= 0.3 is 13.3 Å². The first kappa shape index (κ1) is 14.8. The predicted octanol–water partition coefficient (Wildman–Crippen LogP) is 0.0215. The van der Waals surface area contributed by atoms with E-state index in [-0.39, 0.29) is 25.6 Å². The summed E-state index contributed by atoms with van der Waals surface area (Å²) in [5, 5.41) is 0. The highest BCUT2D eigenvalue weighted by Crippen LogP contribution is 2.41. The van der Waals surface area contributed by atoms with Crippen LogP contribution in [0, 0.1) is 0 Å². The van der Waals surface area contributed by atoms with Crippen LogP contribution in [0.5, 0.6) is 0 Å². The van der Waals surface area contributed by atoms with Crippen LogP contribution in [0.3, 0.4) is 0 Å². The first-order chi connectivity index (χ1) is 8.44. The van der Waals surface area contributed by atoms with E-state index in [1.165, 1.54) is 16.8 Å². The minimum atomic E-state index is -3.68. The summed E-state index contributed by atoms with van der Waals surface area (Å²) in [4.78, 5) is 24.1. The fourth-order valence-electron chi connectivity index (χ4n) is 1.19. The molecule has 1 rings (SSSR count). The van der Waals surface area contributed by atoms with Gasteiger partial charge in [0.1, 0.15) is 12.2 Å². The van der Waals surface area contributed by atoms with E-state index < -0.39 is 19.6 Å². The molecule has 9 heteroatoms. The average Bonchev–Trinajstić information content (AvgIpc) is 2.26. The van der Waals surface area contributed by atoms with E-state index in [0.29, 0.717) is 0 Å². The summed E-state index contributed by atoms with van der Waals surface area (Å²) in [5.41, 5.74) is 4.84. The topological polar surface area (TPSA) is 117 Å². The molecule has 1 aromatic rings. The summed E-state index contributed by atoms with van der Waals surface area (Å²) in [6, 6.07) is 1.48. The molecule has 0 spiro atoms. The monoisotopic (exact) mass is 277 g/mol. The van der Waals surface area contributed by atoms with Crippen molar-refractivity contribution in [2.75, 3.05) is 25.3 Å². The smallest absolute Gasteiger partial charge is 0.353 e. The molecule has 1 aromatic heterocycles. The van der Waals surface area contributed by atoms with Gasteiger partial charge in [-0.1, -0.05) is 0 Å². The molecule has 0 saturated heterocycles. The zero-order valence-corrected chi connectivity index (χ0v) is 10.9. The maximum Gasteiger partial charge on any atom is 0.353 e. The Morgan fingerprint density at radius 1 is 1.61 bits per heavy atom. The third-order valence-corrected chi connectivity index (χ3v) is 3.13. The lowest BCUT2D eigenvalue weighted by Gasteiger charge is -2.11. The molecule has 0 aliphatic carbocycles. The molecule has 1 heterocycles. The van der Waals surface area contributed by atoms with E-state index in [2.05, 4.69) is 9.51 Å². The summed E-state index contributed by atoms with van der Waals surface area (Å²) in [5.74, 6) is 0.147. The number of aromatic nitrogens is 2. The highest BCUT2D eigenvalue weighted by molar-refractivity contribution is 7.52. The van der Waals surface area contributed by atoms with Crippen LogP contribution in [0.25, 0.3) is 0 Å². The number of rotatable bonds is 7. The van der Waals surface area contributed by atoms with Crippen LogP contribution < -0.4 is 11.4 Å². The van der Waals surface area contributed by atoms with Gasteiger partial charge in [-0.25, -0.2) is 4.79 Å². The molecule has 1 unspecified atom stereocenters. The summed E-state index contributed by atoms with van der Waals surface area (Å²) < 4.78 is 22.1. The molecule has 102 valence electrons. The van der Waals surface area contributed by atoms with Crippen molar-refractivity contribution in [2.24, 2.45) is 0 Å². The van der Waals surface area contributed by atoms with E-state index in [9.17, 15) is 14.3 Å². The standard InChI is InChI=1S/C9H16N3O5P/c1-2-17-18(14,15)7-16-6-5-12-4-3-8(10)11-9(12)13/h3-4H,2,5-7H2,1H3,(H,14,15)(H2,10,11,13). The van der Waals surface area contributed by atoms with Crippen molar-refractivity contribution >= 4 is 13.4 Å². The molecule has 3 N–H and O–H groups in total. The van der Waals surface area contributed by atoms with Crippen molar-refractivity contribution in [2.45, 2.75) is 13.5 Å². The van der Waals surface area contributed by atoms with Crippen LogP contribution in [0.4, 0.5) is 5.82 Å². The van der Waals surface area contributed by atoms with Crippen LogP contribution >= 0.6 is 7.60 Å². The number of ether oxygens (including phenoxy) is 1. The molecule has 18 heavy (non-hydrogen) atoms. The molecule has 0 aliphatic rings. The van der Waals surface area contributed by atoms with Crippen molar-refractivity contribution < 1.29 is 18.7 Å². The van der Waals surface area contributed by atoms with Gasteiger partial charge in [0, 0.05) is 6.20 Å². The van der Waals surface area contributed by atoms with Gasteiger partial charge in [-0.3, -0.25) is 9.13 Å². The van der Waals surface area contributed by atoms with Gasteiger partial charge in [0.25, 0.3) is 0 Å². The van der Waals surface area contributed by atoms with Gasteiger partial charge in [0.15, 0.2) is 0 Å². The van der Waals surface area contributed by atoms with E-state index in [1.54, 1.807) is 6.92 Å². The molecular weight excluding hydrogens is 261 g/mol. The van der Waals surface area contributed by atoms with Crippen LogP contribution in [-0.4, -0.2) is 34.0 Å². The highest BCUT2D eigenvalue weighted by atomic mass is 31.2. The van der Waals surface area contributed by atoms with Gasteiger partial charge in [0.2, 0.25) is 0 Å². The molecule has 1 atom stereocenters. The molecule has 8 nitrogen and oxygen atoms in total. The second-order valence-corrected chi connectivity index (χ2v) is 5.21. The fourth-order valence-corrected chi connectivity index (χ4v) is 2.03. The number of nitrogens with two attached hydrogens (primary N) is 1. The summed E-state index contributed by atoms with van der Waals surface area (Å²) >= 11 is 0. The Morgan fingerprint density at radius 3 is 2.94 bits per heavy atom. The predicted molar refractivity (Wildman–Crippen MR) is 65.2 cm³/mol. The zero-order valence-electron chi connectivity index (χ0n) is 9.98. The number of hydrogen-bond donors (Lipinski definition) is 2. The number of hydrogen-bond acceptors (Lipinski definition) is 6. The second-order valence-electron chi connectivity index (χ2n) is 3.42. The Hall–Kier alpha value is -1.21. The average molecular weight is 277 g/mol. The van der Waals surface area contributed by atoms with E-state index in [4.69, 9.17) is 10.5 Å². The molecule has 0 bridgehead atoms. The number of nitrogen functional groups attached to an aromatic ring is 1. The molecule has 0 aromatic carbocycles. The molecule has 0 radical (unpaired) electrons. The molecule has 0 aliphatic heterocycles. The van der Waals surface area contributed by atoms with E-state index in [0.717, 1.165) is 0 Å². The Labute approximate surface area is 104 Å². The van der Waals surface area contributed by atoms with Crippen molar-refractivity contribution in [1.82, 2.24) is 9.55 Å². The summed E-state index contributed by atoms with van der Waals surface area (Å²) in [6.07, 6.45) is 1.08. The first-order valence-corrected chi connectivity index (χ1v) is 7.08. The third-order valence-electron chi connectivity index (χ3n) is 1.96. The third kappa shape index (κ3) is 4.97. The maximum atomic E-state index is 11.3. The van der Waals surface area contributed by atoms with Gasteiger partial charge in [0.05, 0.1) is 19.8 Å². The summed E-state index contributed by atoms with van der Waals surface area (Å²) in [7, 11) is -3.68. The van der Waals surface area contributed by atoms with Crippen molar-refractivity contribution in [3.8, 4) is 0 Å². The molecule has 0 amide bonds. The minimum Gasteiger partial charge on any atom is -0.383 e. The first-order valence-electron chi connectivity index (χ1n) is 5.31. The Kier molecular flexibility index (Phi) is 5.49. The zero-order chi connectivity index (χ0) is 13.6. The fraction of sp³-hybridized carbons (Fsp3) is 0.556. The van der Waals surface area contributed by atoms with Crippen LogP contribution in [0.2, 0.25) is 0 Å². The van der Waals surface area contributed by atoms with Crippen LogP contribution in [0.15, 0.2) is 17.1 Å². The van der Waals surface area contributed by atoms with Gasteiger partial charge < -0.3 is 19.9 Å². The lowest BCUT2D eigenvalue weighted by molar-refractivity contribution is 0.138. The lowest BCUT2D eigenvalue weighted by atomic mass is 10.5. The quantitative estimate of drug-likeness (QED) is 0.533. The van der Waals surface area contributed by atoms with Gasteiger partial charge in [-0.15, -0.1) is 0 Å². The van der Waals surface area contributed by atoms with E-state index in [1.807, 2.05) is 0 Å². The van der Waals surface area contributed by atoms with Crippen LogP contribution in [-0.2, 0) is 20.4 Å².